The summed E-state index contributed by atoms with van der Waals surface area (Å²) in [6.45, 7) is 0.685. The molecule has 2 N–H and O–H groups in total. The van der Waals surface area contributed by atoms with Crippen LogP contribution < -0.4 is 5.32 Å². The van der Waals surface area contributed by atoms with Crippen LogP contribution in [-0.4, -0.2) is 23.3 Å². The van der Waals surface area contributed by atoms with Crippen LogP contribution in [0.5, 0.6) is 0 Å². The predicted molar refractivity (Wildman–Crippen MR) is 81.2 cm³/mol. The molecule has 3 aromatic rings. The first kappa shape index (κ1) is 13.2. The SMILES string of the molecule is COC(=O)c1ccc(CNc2ccc3[nH]ncc3c2)cc1. The molecule has 5 nitrogen and oxygen atoms in total. The fourth-order valence-electron chi connectivity index (χ4n) is 2.13. The van der Waals surface area contributed by atoms with Crippen molar-refractivity contribution < 1.29 is 9.53 Å². The number of esters is 1. The molecule has 0 radical (unpaired) electrons. The molecule has 5 heteroatoms. The van der Waals surface area contributed by atoms with Gasteiger partial charge in [0, 0.05) is 17.6 Å². The molecule has 0 aliphatic rings. The van der Waals surface area contributed by atoms with Gasteiger partial charge in [0.25, 0.3) is 0 Å². The number of methoxy groups -OCH3 is 1. The molecule has 0 unspecified atom stereocenters. The van der Waals surface area contributed by atoms with Crippen molar-refractivity contribution in [2.45, 2.75) is 6.54 Å². The second-order valence-electron chi connectivity index (χ2n) is 4.71. The Balaban J connectivity index is 1.67. The maximum Gasteiger partial charge on any atom is 0.337 e. The topological polar surface area (TPSA) is 67.0 Å². The number of hydrogen-bond acceptors (Lipinski definition) is 4. The fraction of sp³-hybridized carbons (Fsp3) is 0.125. The quantitative estimate of drug-likeness (QED) is 0.721. The van der Waals surface area contributed by atoms with Crippen molar-refractivity contribution in [3.63, 3.8) is 0 Å². The van der Waals surface area contributed by atoms with Gasteiger partial charge < -0.3 is 10.1 Å². The van der Waals surface area contributed by atoms with Gasteiger partial charge >= 0.3 is 5.97 Å². The summed E-state index contributed by atoms with van der Waals surface area (Å²) in [5, 5.41) is 11.3. The lowest BCUT2D eigenvalue weighted by atomic mass is 10.1. The number of carbonyl (C=O) groups excluding carboxylic acids is 1. The van der Waals surface area contributed by atoms with Crippen LogP contribution in [0.15, 0.2) is 48.7 Å². The van der Waals surface area contributed by atoms with Crippen molar-refractivity contribution in [2.75, 3.05) is 12.4 Å². The Morgan fingerprint density at radius 2 is 2.05 bits per heavy atom. The van der Waals surface area contributed by atoms with E-state index >= 15 is 0 Å². The number of ether oxygens (including phenoxy) is 1. The summed E-state index contributed by atoms with van der Waals surface area (Å²) in [5.74, 6) is -0.320. The second kappa shape index (κ2) is 5.66. The number of nitrogens with one attached hydrogen (secondary N) is 2. The monoisotopic (exact) mass is 281 g/mol. The van der Waals surface area contributed by atoms with E-state index in [1.54, 1.807) is 18.3 Å². The molecular formula is C16H15N3O2. The third-order valence-electron chi connectivity index (χ3n) is 3.31. The number of carbonyl (C=O) groups is 1. The number of benzene rings is 2. The molecule has 1 aromatic heterocycles. The molecule has 0 aliphatic heterocycles. The van der Waals surface area contributed by atoms with Crippen molar-refractivity contribution in [2.24, 2.45) is 0 Å². The fourth-order valence-corrected chi connectivity index (χ4v) is 2.13. The van der Waals surface area contributed by atoms with E-state index in [2.05, 4.69) is 20.3 Å². The summed E-state index contributed by atoms with van der Waals surface area (Å²) >= 11 is 0. The second-order valence-corrected chi connectivity index (χ2v) is 4.71. The molecule has 0 atom stereocenters. The number of rotatable bonds is 4. The molecule has 2 aromatic carbocycles. The van der Waals surface area contributed by atoms with Crippen LogP contribution in [0.1, 0.15) is 15.9 Å². The summed E-state index contributed by atoms with van der Waals surface area (Å²) < 4.78 is 4.68. The Morgan fingerprint density at radius 1 is 1.24 bits per heavy atom. The highest BCUT2D eigenvalue weighted by atomic mass is 16.5. The maximum absolute atomic E-state index is 11.4. The van der Waals surface area contributed by atoms with E-state index in [0.717, 1.165) is 22.2 Å². The van der Waals surface area contributed by atoms with Crippen molar-refractivity contribution in [1.29, 1.82) is 0 Å². The van der Waals surface area contributed by atoms with Gasteiger partial charge in [-0.25, -0.2) is 4.79 Å². The molecule has 106 valence electrons. The van der Waals surface area contributed by atoms with Crippen molar-refractivity contribution in [3.05, 3.63) is 59.8 Å². The van der Waals surface area contributed by atoms with Gasteiger partial charge in [-0.2, -0.15) is 5.10 Å². The van der Waals surface area contributed by atoms with E-state index in [1.165, 1.54) is 7.11 Å². The Hall–Kier alpha value is -2.82. The van der Waals surface area contributed by atoms with Gasteiger partial charge in [0.15, 0.2) is 0 Å². The third kappa shape index (κ3) is 2.86. The normalized spacial score (nSPS) is 10.5. The summed E-state index contributed by atoms with van der Waals surface area (Å²) in [4.78, 5) is 11.4. The molecule has 0 saturated carbocycles. The summed E-state index contributed by atoms with van der Waals surface area (Å²) in [6, 6.07) is 13.4. The zero-order chi connectivity index (χ0) is 14.7. The zero-order valence-electron chi connectivity index (χ0n) is 11.6. The minimum atomic E-state index is -0.320. The van der Waals surface area contributed by atoms with Crippen LogP contribution in [0.2, 0.25) is 0 Å². The molecule has 1 heterocycles. The summed E-state index contributed by atoms with van der Waals surface area (Å²) in [7, 11) is 1.38. The highest BCUT2D eigenvalue weighted by Crippen LogP contribution is 2.17. The molecule has 0 spiro atoms. The first-order chi connectivity index (χ1) is 10.3. The van der Waals surface area contributed by atoms with Gasteiger partial charge in [-0.3, -0.25) is 5.10 Å². The first-order valence-corrected chi connectivity index (χ1v) is 6.60. The van der Waals surface area contributed by atoms with Crippen molar-refractivity contribution in [3.8, 4) is 0 Å². The minimum absolute atomic E-state index is 0.320. The molecule has 0 amide bonds. The number of H-pyrrole nitrogens is 1. The number of nitrogens with zero attached hydrogens (tertiary/aromatic N) is 1. The lowest BCUT2D eigenvalue weighted by molar-refractivity contribution is 0.0600. The Labute approximate surface area is 121 Å². The molecular weight excluding hydrogens is 266 g/mol. The van der Waals surface area contributed by atoms with E-state index in [4.69, 9.17) is 0 Å². The number of anilines is 1. The minimum Gasteiger partial charge on any atom is -0.465 e. The predicted octanol–water partition coefficient (Wildman–Crippen LogP) is 2.96. The molecule has 0 fully saturated rings. The van der Waals surface area contributed by atoms with Crippen LogP contribution in [0, 0.1) is 0 Å². The highest BCUT2D eigenvalue weighted by Gasteiger charge is 2.04. The van der Waals surface area contributed by atoms with Gasteiger partial charge in [-0.05, 0) is 35.9 Å². The van der Waals surface area contributed by atoms with Gasteiger partial charge in [0.05, 0.1) is 24.4 Å². The summed E-state index contributed by atoms with van der Waals surface area (Å²) in [5.41, 5.74) is 3.69. The number of fused-ring (bicyclic) bond motifs is 1. The van der Waals surface area contributed by atoms with E-state index in [9.17, 15) is 4.79 Å². The summed E-state index contributed by atoms with van der Waals surface area (Å²) in [6.07, 6.45) is 1.80. The molecule has 0 bridgehead atoms. The largest absolute Gasteiger partial charge is 0.465 e. The van der Waals surface area contributed by atoms with Crippen molar-refractivity contribution in [1.82, 2.24) is 10.2 Å². The maximum atomic E-state index is 11.4. The zero-order valence-corrected chi connectivity index (χ0v) is 11.6. The number of hydrogen-bond donors (Lipinski definition) is 2. The highest BCUT2D eigenvalue weighted by molar-refractivity contribution is 5.89. The number of aromatic amines is 1. The molecule has 0 aliphatic carbocycles. The Kier molecular flexibility index (Phi) is 3.55. The Bertz CT molecular complexity index is 763. The van der Waals surface area contributed by atoms with E-state index in [1.807, 2.05) is 30.3 Å². The lowest BCUT2D eigenvalue weighted by Crippen LogP contribution is -2.03. The number of aromatic nitrogens is 2. The lowest BCUT2D eigenvalue weighted by Gasteiger charge is -2.07. The smallest absolute Gasteiger partial charge is 0.337 e. The van der Waals surface area contributed by atoms with E-state index in [-0.39, 0.29) is 5.97 Å². The van der Waals surface area contributed by atoms with E-state index < -0.39 is 0 Å². The van der Waals surface area contributed by atoms with Crippen molar-refractivity contribution >= 4 is 22.6 Å². The van der Waals surface area contributed by atoms with Crippen LogP contribution in [0.3, 0.4) is 0 Å². The molecule has 3 rings (SSSR count). The van der Waals surface area contributed by atoms with Crippen LogP contribution in [0.4, 0.5) is 5.69 Å². The first-order valence-electron chi connectivity index (χ1n) is 6.60. The molecule has 21 heavy (non-hydrogen) atoms. The van der Waals surface area contributed by atoms with Gasteiger partial charge in [-0.1, -0.05) is 12.1 Å². The average Bonchev–Trinajstić information content (AvgIpc) is 3.00. The standard InChI is InChI=1S/C16H15N3O2/c1-21-16(20)12-4-2-11(3-5-12)9-17-14-6-7-15-13(8-14)10-18-19-15/h2-8,10,17H,9H2,1H3,(H,18,19). The molecule has 0 saturated heterocycles. The van der Waals surface area contributed by atoms with Gasteiger partial charge in [0.2, 0.25) is 0 Å². The Morgan fingerprint density at radius 3 is 2.81 bits per heavy atom. The van der Waals surface area contributed by atoms with Gasteiger partial charge in [0.1, 0.15) is 0 Å². The van der Waals surface area contributed by atoms with Crippen LogP contribution in [-0.2, 0) is 11.3 Å². The van der Waals surface area contributed by atoms with Gasteiger partial charge in [-0.15, -0.1) is 0 Å². The van der Waals surface area contributed by atoms with Crippen LogP contribution in [0.25, 0.3) is 10.9 Å². The average molecular weight is 281 g/mol. The van der Waals surface area contributed by atoms with E-state index in [0.29, 0.717) is 12.1 Å². The third-order valence-corrected chi connectivity index (χ3v) is 3.31. The van der Waals surface area contributed by atoms with Crippen LogP contribution >= 0.6 is 0 Å².